The van der Waals surface area contributed by atoms with E-state index in [1.165, 1.54) is 0 Å². The van der Waals surface area contributed by atoms with E-state index in [0.29, 0.717) is 18.0 Å². The van der Waals surface area contributed by atoms with Crippen LogP contribution in [0.2, 0.25) is 0 Å². The molecule has 1 aliphatic heterocycles. The molecule has 5 heteroatoms. The van der Waals surface area contributed by atoms with Gasteiger partial charge in [-0.15, -0.1) is 0 Å². The molecule has 2 rings (SSSR count). The van der Waals surface area contributed by atoms with Gasteiger partial charge >= 0.3 is 0 Å². The van der Waals surface area contributed by atoms with Crippen LogP contribution in [0.4, 0.5) is 0 Å². The van der Waals surface area contributed by atoms with Crippen LogP contribution in [0.15, 0.2) is 41.3 Å². The zero-order valence-corrected chi connectivity index (χ0v) is 12.3. The van der Waals surface area contributed by atoms with Crippen molar-refractivity contribution in [3.05, 3.63) is 40.0 Å². The molecule has 0 fully saturated rings. The summed E-state index contributed by atoms with van der Waals surface area (Å²) in [5.74, 6) is 0. The minimum atomic E-state index is -3.34. The summed E-state index contributed by atoms with van der Waals surface area (Å²) >= 11 is 2.07. The van der Waals surface area contributed by atoms with E-state index in [9.17, 15) is 8.42 Å². The van der Waals surface area contributed by atoms with E-state index in [1.54, 1.807) is 16.4 Å². The van der Waals surface area contributed by atoms with Gasteiger partial charge in [0.1, 0.15) is 0 Å². The van der Waals surface area contributed by atoms with Gasteiger partial charge < -0.3 is 0 Å². The van der Waals surface area contributed by atoms with Gasteiger partial charge in [0.05, 0.1) is 4.90 Å². The summed E-state index contributed by atoms with van der Waals surface area (Å²) in [5.41, 5.74) is 0. The quantitative estimate of drug-likeness (QED) is 0.599. The van der Waals surface area contributed by atoms with Crippen LogP contribution in [0.1, 0.15) is 12.8 Å². The molecule has 0 atom stereocenters. The van der Waals surface area contributed by atoms with Crippen molar-refractivity contribution in [1.29, 1.82) is 0 Å². The maximum atomic E-state index is 12.4. The number of sulfonamides is 1. The van der Waals surface area contributed by atoms with Crippen LogP contribution in [-0.2, 0) is 10.0 Å². The molecule has 0 radical (unpaired) electrons. The molecule has 0 aliphatic carbocycles. The summed E-state index contributed by atoms with van der Waals surface area (Å²) in [7, 11) is -3.34. The number of halogens is 1. The van der Waals surface area contributed by atoms with Gasteiger partial charge in [0.25, 0.3) is 0 Å². The van der Waals surface area contributed by atoms with Crippen molar-refractivity contribution in [2.75, 3.05) is 13.1 Å². The van der Waals surface area contributed by atoms with Gasteiger partial charge in [-0.1, -0.05) is 24.3 Å². The van der Waals surface area contributed by atoms with Crippen molar-refractivity contribution in [3.63, 3.8) is 0 Å². The first kappa shape index (κ1) is 13.0. The van der Waals surface area contributed by atoms with Crippen LogP contribution in [0.5, 0.6) is 0 Å². The van der Waals surface area contributed by atoms with Gasteiger partial charge in [0, 0.05) is 16.7 Å². The normalized spacial score (nSPS) is 17.9. The van der Waals surface area contributed by atoms with Crippen LogP contribution >= 0.6 is 22.6 Å². The fourth-order valence-corrected chi connectivity index (χ4v) is 4.52. The Hall–Kier alpha value is -0.400. The molecule has 3 nitrogen and oxygen atoms in total. The highest BCUT2D eigenvalue weighted by Crippen LogP contribution is 2.22. The fourth-order valence-electron chi connectivity index (χ4n) is 1.80. The first-order valence-corrected chi connectivity index (χ1v) is 8.04. The maximum Gasteiger partial charge on any atom is 0.244 e. The Balaban J connectivity index is 2.36. The Bertz CT molecular complexity index is 525. The van der Waals surface area contributed by atoms with Crippen molar-refractivity contribution >= 4 is 32.6 Å². The predicted octanol–water partition coefficient (Wildman–Crippen LogP) is 2.63. The van der Waals surface area contributed by atoms with Crippen molar-refractivity contribution in [1.82, 2.24) is 4.31 Å². The zero-order chi connectivity index (χ0) is 12.3. The molecule has 0 amide bonds. The third-order valence-corrected chi connectivity index (χ3v) is 5.94. The largest absolute Gasteiger partial charge is 0.244 e. The smallest absolute Gasteiger partial charge is 0.207 e. The topological polar surface area (TPSA) is 37.4 Å². The number of nitrogens with zero attached hydrogens (tertiary/aromatic N) is 1. The zero-order valence-electron chi connectivity index (χ0n) is 9.34. The van der Waals surface area contributed by atoms with E-state index in [1.807, 2.05) is 24.3 Å². The molecule has 1 aromatic rings. The summed E-state index contributed by atoms with van der Waals surface area (Å²) in [6.45, 7) is 1.08. The van der Waals surface area contributed by atoms with Crippen molar-refractivity contribution in [3.8, 4) is 0 Å². The highest BCUT2D eigenvalue weighted by atomic mass is 127. The minimum absolute atomic E-state index is 0.413. The maximum absolute atomic E-state index is 12.4. The first-order valence-electron chi connectivity index (χ1n) is 5.52. The highest BCUT2D eigenvalue weighted by molar-refractivity contribution is 14.1. The van der Waals surface area contributed by atoms with E-state index >= 15 is 0 Å². The van der Waals surface area contributed by atoms with Crippen LogP contribution in [0.25, 0.3) is 0 Å². The average molecular weight is 363 g/mol. The summed E-state index contributed by atoms with van der Waals surface area (Å²) in [6, 6.07) is 7.11. The summed E-state index contributed by atoms with van der Waals surface area (Å²) in [4.78, 5) is 0.413. The number of hydrogen-bond donors (Lipinski definition) is 0. The average Bonchev–Trinajstić information content (AvgIpc) is 2.58. The molecule has 0 N–H and O–H groups in total. The van der Waals surface area contributed by atoms with E-state index in [0.717, 1.165) is 16.4 Å². The van der Waals surface area contributed by atoms with Crippen molar-refractivity contribution in [2.45, 2.75) is 17.7 Å². The summed E-state index contributed by atoms with van der Waals surface area (Å²) in [5, 5.41) is 0. The molecule has 0 saturated carbocycles. The Morgan fingerprint density at radius 3 is 2.71 bits per heavy atom. The van der Waals surface area contributed by atoms with E-state index < -0.39 is 10.0 Å². The second-order valence-corrected chi connectivity index (χ2v) is 6.98. The van der Waals surface area contributed by atoms with Crippen LogP contribution in [0, 0.1) is 3.57 Å². The van der Waals surface area contributed by atoms with Gasteiger partial charge in [-0.25, -0.2) is 8.42 Å². The Morgan fingerprint density at radius 1 is 1.18 bits per heavy atom. The lowest BCUT2D eigenvalue weighted by Gasteiger charge is -2.20. The Labute approximate surface area is 116 Å². The van der Waals surface area contributed by atoms with Gasteiger partial charge in [-0.05, 0) is 47.6 Å². The third-order valence-electron chi connectivity index (χ3n) is 2.71. The van der Waals surface area contributed by atoms with Gasteiger partial charge in [-0.2, -0.15) is 4.31 Å². The lowest BCUT2D eigenvalue weighted by molar-refractivity contribution is 0.442. The number of benzene rings is 1. The molecule has 0 spiro atoms. The number of hydrogen-bond acceptors (Lipinski definition) is 2. The number of rotatable bonds is 2. The minimum Gasteiger partial charge on any atom is -0.207 e. The highest BCUT2D eigenvalue weighted by Gasteiger charge is 2.25. The van der Waals surface area contributed by atoms with E-state index in [-0.39, 0.29) is 0 Å². The molecule has 1 aliphatic rings. The molecule has 0 unspecified atom stereocenters. The summed E-state index contributed by atoms with van der Waals surface area (Å²) in [6.07, 6.45) is 5.82. The second-order valence-electron chi connectivity index (χ2n) is 3.91. The SMILES string of the molecule is O=S(=O)(c1ccccc1I)N1CC=CCCC1. The molecular weight excluding hydrogens is 349 g/mol. The lowest BCUT2D eigenvalue weighted by atomic mass is 10.3. The Kier molecular flexibility index (Phi) is 4.22. The monoisotopic (exact) mass is 363 g/mol. The fraction of sp³-hybridized carbons (Fsp3) is 0.333. The first-order chi connectivity index (χ1) is 8.12. The van der Waals surface area contributed by atoms with Gasteiger partial charge in [-0.3, -0.25) is 0 Å². The molecular formula is C12H14INO2S. The van der Waals surface area contributed by atoms with Crippen LogP contribution in [0.3, 0.4) is 0 Å². The molecule has 17 heavy (non-hydrogen) atoms. The summed E-state index contributed by atoms with van der Waals surface area (Å²) < 4.78 is 27.2. The van der Waals surface area contributed by atoms with Crippen molar-refractivity contribution < 1.29 is 8.42 Å². The molecule has 92 valence electrons. The van der Waals surface area contributed by atoms with Gasteiger partial charge in [0.15, 0.2) is 0 Å². The predicted molar refractivity (Wildman–Crippen MR) is 76.3 cm³/mol. The van der Waals surface area contributed by atoms with Crippen LogP contribution in [-0.4, -0.2) is 25.8 Å². The van der Waals surface area contributed by atoms with Crippen LogP contribution < -0.4 is 0 Å². The molecule has 1 heterocycles. The van der Waals surface area contributed by atoms with E-state index in [4.69, 9.17) is 0 Å². The second kappa shape index (κ2) is 5.49. The lowest BCUT2D eigenvalue weighted by Crippen LogP contribution is -2.32. The van der Waals surface area contributed by atoms with E-state index in [2.05, 4.69) is 22.6 Å². The Morgan fingerprint density at radius 2 is 1.94 bits per heavy atom. The van der Waals surface area contributed by atoms with Gasteiger partial charge in [0.2, 0.25) is 10.0 Å². The number of allylic oxidation sites excluding steroid dienone is 1. The molecule has 0 aromatic heterocycles. The van der Waals surface area contributed by atoms with Crippen molar-refractivity contribution in [2.24, 2.45) is 0 Å². The molecule has 1 aromatic carbocycles. The molecule has 0 bridgehead atoms. The molecule has 0 saturated heterocycles. The third kappa shape index (κ3) is 2.89. The standard InChI is InChI=1S/C12H14INO2S/c13-11-7-3-4-8-12(11)17(15,16)14-9-5-1-2-6-10-14/h1,3-5,7-8H,2,6,9-10H2.